The molecule has 3 nitrogen and oxygen atoms in total. The number of halogens is 2. The Morgan fingerprint density at radius 1 is 1.33 bits per heavy atom. The number of nitrogens with one attached hydrogen (secondary N) is 1. The van der Waals surface area contributed by atoms with Gasteiger partial charge in [-0.3, -0.25) is 4.79 Å². The number of carbonyl (C=O) groups excluding carboxylic acids is 1. The molecule has 0 saturated carbocycles. The SMILES string of the molecule is CC#CC(C)(C)NC(=O)C(Oc1cc(Cl)cc(Cl)c1)SC. The molecule has 0 heterocycles. The van der Waals surface area contributed by atoms with Crippen molar-refractivity contribution in [3.05, 3.63) is 28.2 Å². The van der Waals surface area contributed by atoms with Gasteiger partial charge < -0.3 is 10.1 Å². The zero-order chi connectivity index (χ0) is 16.0. The van der Waals surface area contributed by atoms with E-state index in [1.165, 1.54) is 11.8 Å². The molecule has 1 N–H and O–H groups in total. The van der Waals surface area contributed by atoms with Crippen LogP contribution in [0, 0.1) is 11.8 Å². The van der Waals surface area contributed by atoms with Gasteiger partial charge in [-0.25, -0.2) is 0 Å². The summed E-state index contributed by atoms with van der Waals surface area (Å²) in [6.45, 7) is 5.38. The zero-order valence-electron chi connectivity index (χ0n) is 12.3. The van der Waals surface area contributed by atoms with Crippen LogP contribution in [0.2, 0.25) is 10.0 Å². The third-order valence-corrected chi connectivity index (χ3v) is 3.56. The molecule has 21 heavy (non-hydrogen) atoms. The minimum Gasteiger partial charge on any atom is -0.470 e. The quantitative estimate of drug-likeness (QED) is 0.647. The number of ether oxygens (including phenoxy) is 1. The third-order valence-electron chi connectivity index (χ3n) is 2.38. The van der Waals surface area contributed by atoms with Crippen LogP contribution in [0.1, 0.15) is 20.8 Å². The van der Waals surface area contributed by atoms with Gasteiger partial charge in [0, 0.05) is 10.0 Å². The second-order valence-electron chi connectivity index (χ2n) is 4.78. The first-order valence-corrected chi connectivity index (χ1v) is 8.23. The van der Waals surface area contributed by atoms with E-state index in [1.807, 2.05) is 13.8 Å². The predicted octanol–water partition coefficient (Wildman–Crippen LogP) is 3.98. The van der Waals surface area contributed by atoms with E-state index in [0.717, 1.165) is 0 Å². The van der Waals surface area contributed by atoms with Crippen LogP contribution in [-0.4, -0.2) is 23.1 Å². The van der Waals surface area contributed by atoms with Crippen LogP contribution in [0.3, 0.4) is 0 Å². The minimum atomic E-state index is -0.711. The van der Waals surface area contributed by atoms with E-state index >= 15 is 0 Å². The van der Waals surface area contributed by atoms with Crippen LogP contribution >= 0.6 is 35.0 Å². The van der Waals surface area contributed by atoms with Crippen LogP contribution in [-0.2, 0) is 4.79 Å². The number of thioether (sulfide) groups is 1. The molecule has 1 aromatic rings. The van der Waals surface area contributed by atoms with Gasteiger partial charge in [0.05, 0.1) is 5.54 Å². The summed E-state index contributed by atoms with van der Waals surface area (Å²) in [5, 5.41) is 3.74. The lowest BCUT2D eigenvalue weighted by molar-refractivity contribution is -0.125. The van der Waals surface area contributed by atoms with Gasteiger partial charge in [-0.1, -0.05) is 29.1 Å². The minimum absolute atomic E-state index is 0.258. The van der Waals surface area contributed by atoms with Crippen LogP contribution < -0.4 is 10.1 Å². The van der Waals surface area contributed by atoms with Gasteiger partial charge in [0.1, 0.15) is 5.75 Å². The molecule has 0 aromatic heterocycles. The Labute approximate surface area is 139 Å². The molecular formula is C15H17Cl2NO2S. The summed E-state index contributed by atoms with van der Waals surface area (Å²) in [6, 6.07) is 4.83. The molecule has 0 radical (unpaired) electrons. The first kappa shape index (κ1) is 18.0. The summed E-state index contributed by atoms with van der Waals surface area (Å²) in [7, 11) is 0. The average molecular weight is 346 g/mol. The van der Waals surface area contributed by atoms with E-state index < -0.39 is 11.0 Å². The molecule has 0 aliphatic carbocycles. The highest BCUT2D eigenvalue weighted by atomic mass is 35.5. The van der Waals surface area contributed by atoms with Crippen LogP contribution in [0.4, 0.5) is 0 Å². The second-order valence-corrected chi connectivity index (χ2v) is 6.55. The van der Waals surface area contributed by atoms with Gasteiger partial charge in [-0.2, -0.15) is 0 Å². The van der Waals surface area contributed by atoms with Crippen molar-refractivity contribution in [3.8, 4) is 17.6 Å². The fraction of sp³-hybridized carbons (Fsp3) is 0.400. The van der Waals surface area contributed by atoms with Gasteiger partial charge in [-0.05, 0) is 45.2 Å². The molecule has 0 bridgehead atoms. The first-order chi connectivity index (χ1) is 9.77. The van der Waals surface area contributed by atoms with Gasteiger partial charge in [0.25, 0.3) is 5.91 Å². The Balaban J connectivity index is 2.82. The van der Waals surface area contributed by atoms with Gasteiger partial charge in [-0.15, -0.1) is 17.7 Å². The van der Waals surface area contributed by atoms with Crippen molar-refractivity contribution in [1.82, 2.24) is 5.32 Å². The fourth-order valence-corrected chi connectivity index (χ4v) is 2.63. The molecule has 1 atom stereocenters. The maximum absolute atomic E-state index is 12.2. The van der Waals surface area contributed by atoms with Crippen LogP contribution in [0.5, 0.6) is 5.75 Å². The third kappa shape index (κ3) is 6.09. The predicted molar refractivity (Wildman–Crippen MR) is 90.1 cm³/mol. The van der Waals surface area contributed by atoms with E-state index in [1.54, 1.807) is 31.4 Å². The van der Waals surface area contributed by atoms with Gasteiger partial charge in [0.15, 0.2) is 0 Å². The number of benzene rings is 1. The largest absolute Gasteiger partial charge is 0.470 e. The fourth-order valence-electron chi connectivity index (χ4n) is 1.64. The normalized spacial score (nSPS) is 12.1. The van der Waals surface area contributed by atoms with Crippen LogP contribution in [0.15, 0.2) is 18.2 Å². The zero-order valence-corrected chi connectivity index (χ0v) is 14.6. The molecule has 1 aromatic carbocycles. The Morgan fingerprint density at radius 3 is 2.38 bits per heavy atom. The highest BCUT2D eigenvalue weighted by molar-refractivity contribution is 7.99. The van der Waals surface area contributed by atoms with Crippen molar-refractivity contribution in [1.29, 1.82) is 0 Å². The molecule has 1 unspecified atom stereocenters. The van der Waals surface area contributed by atoms with Gasteiger partial charge >= 0.3 is 0 Å². The molecule has 0 aliphatic heterocycles. The molecule has 6 heteroatoms. The summed E-state index contributed by atoms with van der Waals surface area (Å²) < 4.78 is 5.64. The number of hydrogen-bond donors (Lipinski definition) is 1. The summed E-state index contributed by atoms with van der Waals surface area (Å²) in [6.07, 6.45) is 1.79. The molecular weight excluding hydrogens is 329 g/mol. The molecule has 0 saturated heterocycles. The number of carbonyl (C=O) groups is 1. The molecule has 114 valence electrons. The standard InChI is InChI=1S/C15H17Cl2NO2S/c1-5-6-15(2,3)18-13(19)14(21-4)20-12-8-10(16)7-11(17)9-12/h7-9,14H,1-4H3,(H,18,19). The molecule has 0 spiro atoms. The molecule has 0 fully saturated rings. The topological polar surface area (TPSA) is 38.3 Å². The van der Waals surface area contributed by atoms with E-state index in [4.69, 9.17) is 27.9 Å². The van der Waals surface area contributed by atoms with E-state index in [-0.39, 0.29) is 5.91 Å². The molecule has 0 aliphatic rings. The lowest BCUT2D eigenvalue weighted by Gasteiger charge is -2.24. The Bertz CT molecular complexity index is 559. The van der Waals surface area contributed by atoms with Crippen molar-refractivity contribution in [2.24, 2.45) is 0 Å². The average Bonchev–Trinajstić information content (AvgIpc) is 2.33. The Hall–Kier alpha value is -1.02. The van der Waals surface area contributed by atoms with Crippen molar-refractivity contribution in [2.45, 2.75) is 31.7 Å². The van der Waals surface area contributed by atoms with Crippen molar-refractivity contribution in [2.75, 3.05) is 6.26 Å². The summed E-state index contributed by atoms with van der Waals surface area (Å²) in [5.41, 5.74) is -1.33. The second kappa shape index (κ2) is 7.84. The van der Waals surface area contributed by atoms with Crippen molar-refractivity contribution >= 4 is 40.9 Å². The van der Waals surface area contributed by atoms with E-state index in [2.05, 4.69) is 17.2 Å². The lowest BCUT2D eigenvalue weighted by Crippen LogP contribution is -2.47. The highest BCUT2D eigenvalue weighted by Crippen LogP contribution is 2.26. The number of amides is 1. The van der Waals surface area contributed by atoms with Crippen LogP contribution in [0.25, 0.3) is 0 Å². The van der Waals surface area contributed by atoms with E-state index in [9.17, 15) is 4.79 Å². The summed E-state index contributed by atoms with van der Waals surface area (Å²) in [5.74, 6) is 5.90. The Morgan fingerprint density at radius 2 is 1.90 bits per heavy atom. The van der Waals surface area contributed by atoms with Crippen molar-refractivity contribution in [3.63, 3.8) is 0 Å². The molecule has 1 rings (SSSR count). The smallest absolute Gasteiger partial charge is 0.272 e. The number of hydrogen-bond acceptors (Lipinski definition) is 3. The summed E-state index contributed by atoms with van der Waals surface area (Å²) in [4.78, 5) is 12.2. The monoisotopic (exact) mass is 345 g/mol. The summed E-state index contributed by atoms with van der Waals surface area (Å²) >= 11 is 13.1. The number of rotatable bonds is 5. The first-order valence-electron chi connectivity index (χ1n) is 6.19. The lowest BCUT2D eigenvalue weighted by atomic mass is 10.1. The highest BCUT2D eigenvalue weighted by Gasteiger charge is 2.25. The van der Waals surface area contributed by atoms with E-state index in [0.29, 0.717) is 15.8 Å². The maximum Gasteiger partial charge on any atom is 0.272 e. The van der Waals surface area contributed by atoms with Gasteiger partial charge in [0.2, 0.25) is 5.44 Å². The molecule has 1 amide bonds. The van der Waals surface area contributed by atoms with Crippen molar-refractivity contribution < 1.29 is 9.53 Å². The maximum atomic E-state index is 12.2. The Kier molecular flexibility index (Phi) is 6.73.